The van der Waals surface area contributed by atoms with E-state index in [4.69, 9.17) is 4.42 Å². The Kier molecular flexibility index (Phi) is 2.33. The predicted octanol–water partition coefficient (Wildman–Crippen LogP) is 1.81. The van der Waals surface area contributed by atoms with E-state index < -0.39 is 0 Å². The van der Waals surface area contributed by atoms with Crippen LogP contribution in [0.3, 0.4) is 0 Å². The molecule has 0 aliphatic carbocycles. The van der Waals surface area contributed by atoms with Gasteiger partial charge in [0.1, 0.15) is 11.2 Å². The van der Waals surface area contributed by atoms with Crippen LogP contribution in [0.4, 0.5) is 6.01 Å². The van der Waals surface area contributed by atoms with Crippen LogP contribution in [-0.2, 0) is 7.05 Å². The fraction of sp³-hybridized carbons (Fsp3) is 0.0833. The van der Waals surface area contributed by atoms with E-state index in [-0.39, 0.29) is 11.9 Å². The number of hydrogen-bond acceptors (Lipinski definition) is 4. The Morgan fingerprint density at radius 3 is 2.89 bits per heavy atom. The van der Waals surface area contributed by atoms with Crippen LogP contribution in [0.1, 0.15) is 10.5 Å². The lowest BCUT2D eigenvalue weighted by atomic mass is 10.3. The highest BCUT2D eigenvalue weighted by Gasteiger charge is 2.13. The summed E-state index contributed by atoms with van der Waals surface area (Å²) in [5, 5.41) is 6.52. The van der Waals surface area contributed by atoms with Crippen LogP contribution >= 0.6 is 0 Å². The first-order valence-corrected chi connectivity index (χ1v) is 5.39. The number of fused-ring (bicyclic) bond motifs is 1. The van der Waals surface area contributed by atoms with Crippen molar-refractivity contribution in [1.82, 2.24) is 14.8 Å². The molecular weight excluding hydrogens is 232 g/mol. The van der Waals surface area contributed by atoms with Gasteiger partial charge in [-0.05, 0) is 18.2 Å². The average molecular weight is 242 g/mol. The number of anilines is 1. The molecule has 0 saturated heterocycles. The smallest absolute Gasteiger partial charge is 0.302 e. The van der Waals surface area contributed by atoms with Crippen LogP contribution in [0.2, 0.25) is 0 Å². The summed E-state index contributed by atoms with van der Waals surface area (Å²) in [6.45, 7) is 0. The fourth-order valence-electron chi connectivity index (χ4n) is 1.68. The third-order valence-electron chi connectivity index (χ3n) is 2.57. The second-order valence-electron chi connectivity index (χ2n) is 3.78. The number of nitrogens with zero attached hydrogens (tertiary/aromatic N) is 3. The maximum absolute atomic E-state index is 11.9. The molecule has 1 N–H and O–H groups in total. The Morgan fingerprint density at radius 2 is 2.17 bits per heavy atom. The van der Waals surface area contributed by atoms with Crippen LogP contribution in [0, 0.1) is 0 Å². The summed E-state index contributed by atoms with van der Waals surface area (Å²) in [5.41, 5.74) is 1.79. The van der Waals surface area contributed by atoms with Crippen LogP contribution in [-0.4, -0.2) is 20.7 Å². The quantitative estimate of drug-likeness (QED) is 0.743. The molecule has 1 amide bonds. The van der Waals surface area contributed by atoms with Crippen LogP contribution in [0.15, 0.2) is 40.9 Å². The number of hydrogen-bond donors (Lipinski definition) is 1. The van der Waals surface area contributed by atoms with Crippen molar-refractivity contribution in [3.8, 4) is 0 Å². The van der Waals surface area contributed by atoms with Gasteiger partial charge in [-0.25, -0.2) is 0 Å². The molecule has 2 aromatic heterocycles. The maximum Gasteiger partial charge on any atom is 0.302 e. The molecule has 6 nitrogen and oxygen atoms in total. The zero-order valence-electron chi connectivity index (χ0n) is 9.62. The van der Waals surface area contributed by atoms with Crippen molar-refractivity contribution in [2.75, 3.05) is 5.32 Å². The Balaban J connectivity index is 1.88. The molecule has 90 valence electrons. The lowest BCUT2D eigenvalue weighted by molar-refractivity contribution is 0.101. The largest absolute Gasteiger partial charge is 0.423 e. The molecule has 0 aliphatic rings. The molecule has 2 heterocycles. The first-order valence-electron chi connectivity index (χ1n) is 5.39. The van der Waals surface area contributed by atoms with E-state index in [1.54, 1.807) is 25.4 Å². The molecule has 3 aromatic rings. The summed E-state index contributed by atoms with van der Waals surface area (Å²) in [6.07, 6.45) is 1.56. The Hall–Kier alpha value is -2.63. The predicted molar refractivity (Wildman–Crippen MR) is 65.2 cm³/mol. The van der Waals surface area contributed by atoms with Gasteiger partial charge in [-0.3, -0.25) is 14.8 Å². The van der Waals surface area contributed by atoms with Gasteiger partial charge in [0, 0.05) is 13.2 Å². The number of para-hydroxylation sites is 2. The SMILES string of the molecule is Cn1nccc1C(=O)Nc1nc2ccccc2o1. The van der Waals surface area contributed by atoms with Crippen molar-refractivity contribution in [2.24, 2.45) is 7.05 Å². The second-order valence-corrected chi connectivity index (χ2v) is 3.78. The topological polar surface area (TPSA) is 73.0 Å². The van der Waals surface area contributed by atoms with Crippen molar-refractivity contribution < 1.29 is 9.21 Å². The number of carbonyl (C=O) groups is 1. The maximum atomic E-state index is 11.9. The Labute approximate surface area is 102 Å². The monoisotopic (exact) mass is 242 g/mol. The first kappa shape index (κ1) is 10.5. The lowest BCUT2D eigenvalue weighted by Crippen LogP contribution is -2.16. The van der Waals surface area contributed by atoms with E-state index in [0.29, 0.717) is 16.8 Å². The Morgan fingerprint density at radius 1 is 1.33 bits per heavy atom. The first-order chi connectivity index (χ1) is 8.74. The van der Waals surface area contributed by atoms with Crippen molar-refractivity contribution in [1.29, 1.82) is 0 Å². The Bertz CT molecular complexity index is 681. The number of oxazole rings is 1. The van der Waals surface area contributed by atoms with E-state index in [9.17, 15) is 4.79 Å². The molecular formula is C12H10N4O2. The molecule has 0 radical (unpaired) electrons. The van der Waals surface area contributed by atoms with E-state index in [2.05, 4.69) is 15.4 Å². The number of rotatable bonds is 2. The molecule has 0 fully saturated rings. The number of carbonyl (C=O) groups excluding carboxylic acids is 1. The van der Waals surface area contributed by atoms with Crippen molar-refractivity contribution in [3.05, 3.63) is 42.2 Å². The summed E-state index contributed by atoms with van der Waals surface area (Å²) in [4.78, 5) is 16.1. The third-order valence-corrected chi connectivity index (χ3v) is 2.57. The van der Waals surface area contributed by atoms with E-state index in [0.717, 1.165) is 0 Å². The van der Waals surface area contributed by atoms with Gasteiger partial charge in [0.15, 0.2) is 5.58 Å². The summed E-state index contributed by atoms with van der Waals surface area (Å²) < 4.78 is 6.89. The van der Waals surface area contributed by atoms with Gasteiger partial charge in [-0.2, -0.15) is 10.1 Å². The number of amides is 1. The van der Waals surface area contributed by atoms with Gasteiger partial charge in [0.25, 0.3) is 5.91 Å². The molecule has 0 unspecified atom stereocenters. The molecule has 18 heavy (non-hydrogen) atoms. The average Bonchev–Trinajstić information content (AvgIpc) is 2.94. The minimum Gasteiger partial charge on any atom is -0.423 e. The van der Waals surface area contributed by atoms with E-state index >= 15 is 0 Å². The van der Waals surface area contributed by atoms with Crippen LogP contribution < -0.4 is 5.32 Å². The summed E-state index contributed by atoms with van der Waals surface area (Å²) in [7, 11) is 1.70. The second kappa shape index (κ2) is 3.99. The minimum absolute atomic E-state index is 0.183. The third kappa shape index (κ3) is 1.73. The summed E-state index contributed by atoms with van der Waals surface area (Å²) in [5.74, 6) is -0.304. The lowest BCUT2D eigenvalue weighted by Gasteiger charge is -2.00. The highest BCUT2D eigenvalue weighted by molar-refractivity contribution is 6.02. The van der Waals surface area contributed by atoms with Crippen molar-refractivity contribution in [3.63, 3.8) is 0 Å². The molecule has 0 saturated carbocycles. The number of benzene rings is 1. The zero-order chi connectivity index (χ0) is 12.5. The highest BCUT2D eigenvalue weighted by Crippen LogP contribution is 2.18. The van der Waals surface area contributed by atoms with E-state index in [1.807, 2.05) is 18.2 Å². The van der Waals surface area contributed by atoms with Gasteiger partial charge < -0.3 is 4.42 Å². The van der Waals surface area contributed by atoms with Crippen molar-refractivity contribution in [2.45, 2.75) is 0 Å². The fourth-order valence-corrected chi connectivity index (χ4v) is 1.68. The molecule has 6 heteroatoms. The normalized spacial score (nSPS) is 10.7. The summed E-state index contributed by atoms with van der Waals surface area (Å²) >= 11 is 0. The molecule has 0 spiro atoms. The summed E-state index contributed by atoms with van der Waals surface area (Å²) in [6, 6.07) is 9.12. The molecule has 3 rings (SSSR count). The van der Waals surface area contributed by atoms with Crippen LogP contribution in [0.25, 0.3) is 11.1 Å². The van der Waals surface area contributed by atoms with Gasteiger partial charge in [-0.15, -0.1) is 0 Å². The minimum atomic E-state index is -0.304. The molecule has 1 aromatic carbocycles. The molecule has 0 atom stereocenters. The highest BCUT2D eigenvalue weighted by atomic mass is 16.4. The molecule has 0 bridgehead atoms. The van der Waals surface area contributed by atoms with Crippen LogP contribution in [0.5, 0.6) is 0 Å². The van der Waals surface area contributed by atoms with Gasteiger partial charge >= 0.3 is 6.01 Å². The number of aromatic nitrogens is 3. The number of nitrogens with one attached hydrogen (secondary N) is 1. The standard InChI is InChI=1S/C12H10N4O2/c1-16-9(6-7-13-16)11(17)15-12-14-8-4-2-3-5-10(8)18-12/h2-7H,1H3,(H,14,15,17). The van der Waals surface area contributed by atoms with Crippen molar-refractivity contribution >= 4 is 23.0 Å². The van der Waals surface area contributed by atoms with E-state index in [1.165, 1.54) is 4.68 Å². The van der Waals surface area contributed by atoms with Gasteiger partial charge in [0.2, 0.25) is 0 Å². The zero-order valence-corrected chi connectivity index (χ0v) is 9.62. The van der Waals surface area contributed by atoms with Gasteiger partial charge in [-0.1, -0.05) is 12.1 Å². The van der Waals surface area contributed by atoms with Gasteiger partial charge in [0.05, 0.1) is 0 Å². The molecule has 0 aliphatic heterocycles. The number of aryl methyl sites for hydroxylation is 1.